The number of nitrogens with zero attached hydrogens (tertiary/aromatic N) is 2. The average Bonchev–Trinajstić information content (AvgIpc) is 3.83. The van der Waals surface area contributed by atoms with Crippen LogP contribution in [0.15, 0.2) is 218 Å². The van der Waals surface area contributed by atoms with Crippen molar-refractivity contribution in [2.75, 3.05) is 4.90 Å². The van der Waals surface area contributed by atoms with Crippen molar-refractivity contribution in [3.63, 3.8) is 0 Å². The Morgan fingerprint density at radius 2 is 0.807 bits per heavy atom. The van der Waals surface area contributed by atoms with E-state index in [4.69, 9.17) is 0 Å². The molecule has 2 aromatic heterocycles. The van der Waals surface area contributed by atoms with Crippen LogP contribution in [0.1, 0.15) is 0 Å². The van der Waals surface area contributed by atoms with E-state index in [1.807, 2.05) is 11.3 Å². The van der Waals surface area contributed by atoms with Crippen LogP contribution in [-0.4, -0.2) is 4.57 Å². The number of anilines is 3. The molecule has 0 atom stereocenters. The number of hydrogen-bond acceptors (Lipinski definition) is 2. The first kappa shape index (κ1) is 33.2. The molecular weight excluding hydrogens is 709 g/mol. The van der Waals surface area contributed by atoms with Gasteiger partial charge in [-0.25, -0.2) is 0 Å². The molecule has 0 saturated heterocycles. The maximum Gasteiger partial charge on any atom is 0.0634 e. The van der Waals surface area contributed by atoms with Gasteiger partial charge in [0.15, 0.2) is 0 Å². The molecule has 0 aliphatic carbocycles. The highest BCUT2D eigenvalue weighted by Gasteiger charge is 2.21. The van der Waals surface area contributed by atoms with E-state index < -0.39 is 0 Å². The molecule has 0 fully saturated rings. The first-order valence-corrected chi connectivity index (χ1v) is 20.2. The van der Waals surface area contributed by atoms with Gasteiger partial charge in [0.1, 0.15) is 0 Å². The van der Waals surface area contributed by atoms with Gasteiger partial charge in [0, 0.05) is 53.7 Å². The van der Waals surface area contributed by atoms with E-state index >= 15 is 0 Å². The van der Waals surface area contributed by atoms with Crippen LogP contribution in [-0.2, 0) is 0 Å². The molecule has 268 valence electrons. The van der Waals surface area contributed by atoms with E-state index in [2.05, 4.69) is 228 Å². The van der Waals surface area contributed by atoms with Crippen LogP contribution in [0.2, 0.25) is 0 Å². The molecule has 0 aliphatic rings. The van der Waals surface area contributed by atoms with E-state index in [1.165, 1.54) is 75.4 Å². The summed E-state index contributed by atoms with van der Waals surface area (Å²) in [6.07, 6.45) is 0. The lowest BCUT2D eigenvalue weighted by molar-refractivity contribution is 1.19. The minimum absolute atomic E-state index is 1.10. The summed E-state index contributed by atoms with van der Waals surface area (Å²) >= 11 is 1.87. The minimum Gasteiger partial charge on any atom is -0.310 e. The molecule has 0 radical (unpaired) electrons. The number of para-hydroxylation sites is 1. The Balaban J connectivity index is 1.14. The number of thiophene rings is 1. The monoisotopic (exact) mass is 744 g/mol. The van der Waals surface area contributed by atoms with Gasteiger partial charge in [-0.3, -0.25) is 0 Å². The van der Waals surface area contributed by atoms with Gasteiger partial charge in [0.25, 0.3) is 0 Å². The Bertz CT molecular complexity index is 3100. The maximum atomic E-state index is 2.48. The zero-order valence-corrected chi connectivity index (χ0v) is 31.9. The fraction of sp³-hybridized carbons (Fsp3) is 0. The molecule has 2 nitrogen and oxygen atoms in total. The first-order chi connectivity index (χ1) is 28.3. The second kappa shape index (κ2) is 13.8. The van der Waals surface area contributed by atoms with E-state index in [-0.39, 0.29) is 0 Å². The highest BCUT2D eigenvalue weighted by atomic mass is 32.1. The minimum atomic E-state index is 1.10. The van der Waals surface area contributed by atoms with Gasteiger partial charge in [-0.05, 0) is 106 Å². The summed E-state index contributed by atoms with van der Waals surface area (Å²) in [6.45, 7) is 0. The second-order valence-corrected chi connectivity index (χ2v) is 15.6. The second-order valence-electron chi connectivity index (χ2n) is 14.5. The van der Waals surface area contributed by atoms with Crippen LogP contribution < -0.4 is 4.90 Å². The van der Waals surface area contributed by atoms with Crippen molar-refractivity contribution in [3.8, 4) is 39.1 Å². The smallest absolute Gasteiger partial charge is 0.0634 e. The molecule has 3 heteroatoms. The summed E-state index contributed by atoms with van der Waals surface area (Å²) in [5.74, 6) is 0. The predicted molar refractivity (Wildman–Crippen MR) is 245 cm³/mol. The third-order valence-electron chi connectivity index (χ3n) is 11.2. The number of aromatic nitrogens is 1. The van der Waals surface area contributed by atoms with Crippen molar-refractivity contribution in [1.29, 1.82) is 0 Å². The molecule has 11 rings (SSSR count). The van der Waals surface area contributed by atoms with Crippen LogP contribution in [0.25, 0.3) is 81.0 Å². The first-order valence-electron chi connectivity index (χ1n) is 19.4. The van der Waals surface area contributed by atoms with Crippen LogP contribution in [0.4, 0.5) is 17.1 Å². The molecule has 0 unspecified atom stereocenters. The van der Waals surface area contributed by atoms with E-state index in [1.54, 1.807) is 0 Å². The van der Waals surface area contributed by atoms with Crippen molar-refractivity contribution in [2.24, 2.45) is 0 Å². The topological polar surface area (TPSA) is 8.17 Å². The van der Waals surface area contributed by atoms with Gasteiger partial charge in [-0.1, -0.05) is 146 Å². The van der Waals surface area contributed by atoms with Crippen molar-refractivity contribution >= 4 is 70.4 Å². The Morgan fingerprint density at radius 3 is 1.39 bits per heavy atom. The van der Waals surface area contributed by atoms with E-state index in [0.717, 1.165) is 22.7 Å². The fourth-order valence-corrected chi connectivity index (χ4v) is 9.55. The molecule has 0 amide bonds. The molecular formula is C54H36N2S. The van der Waals surface area contributed by atoms with Gasteiger partial charge in [-0.15, -0.1) is 11.3 Å². The standard InChI is InChI=1S/C54H36N2S/c1-5-13-37(14-6-1)40-21-26-44(27-22-40)55(45-28-23-41(24-29-45)38-15-7-2-8-16-38)46-30-32-50-48(36-46)47-31-34-52-53(54(47)56(50)43-19-11-4-12-20-43)49-35-42(25-33-51(49)57-52)39-17-9-3-10-18-39/h1-36H. The van der Waals surface area contributed by atoms with Crippen molar-refractivity contribution in [2.45, 2.75) is 0 Å². The van der Waals surface area contributed by atoms with Crippen molar-refractivity contribution in [1.82, 2.24) is 4.57 Å². The summed E-state index contributed by atoms with van der Waals surface area (Å²) in [7, 11) is 0. The van der Waals surface area contributed by atoms with Crippen LogP contribution in [0, 0.1) is 0 Å². The third kappa shape index (κ3) is 5.80. The Morgan fingerprint density at radius 1 is 0.333 bits per heavy atom. The lowest BCUT2D eigenvalue weighted by Gasteiger charge is -2.26. The molecule has 0 N–H and O–H groups in total. The molecule has 11 aromatic rings. The van der Waals surface area contributed by atoms with Gasteiger partial charge in [-0.2, -0.15) is 0 Å². The molecule has 57 heavy (non-hydrogen) atoms. The molecule has 0 spiro atoms. The normalized spacial score (nSPS) is 11.5. The summed E-state index contributed by atoms with van der Waals surface area (Å²) in [6, 6.07) is 79.3. The van der Waals surface area contributed by atoms with Gasteiger partial charge >= 0.3 is 0 Å². The summed E-state index contributed by atoms with van der Waals surface area (Å²) in [5.41, 5.74) is 14.2. The third-order valence-corrected chi connectivity index (χ3v) is 12.3. The number of fused-ring (bicyclic) bond motifs is 7. The molecule has 0 aliphatic heterocycles. The molecule has 2 heterocycles. The van der Waals surface area contributed by atoms with Gasteiger partial charge in [0.05, 0.1) is 11.0 Å². The average molecular weight is 745 g/mol. The van der Waals surface area contributed by atoms with Crippen LogP contribution in [0.3, 0.4) is 0 Å². The largest absolute Gasteiger partial charge is 0.310 e. The predicted octanol–water partition coefficient (Wildman–Crippen LogP) is 15.6. The number of hydrogen-bond donors (Lipinski definition) is 0. The van der Waals surface area contributed by atoms with Gasteiger partial charge < -0.3 is 9.47 Å². The molecule has 0 saturated carbocycles. The molecule has 0 bridgehead atoms. The van der Waals surface area contributed by atoms with Crippen molar-refractivity contribution in [3.05, 3.63) is 218 Å². The maximum absolute atomic E-state index is 2.48. The summed E-state index contributed by atoms with van der Waals surface area (Å²) in [5, 5.41) is 5.06. The lowest BCUT2D eigenvalue weighted by Crippen LogP contribution is -2.10. The zero-order chi connectivity index (χ0) is 37.7. The van der Waals surface area contributed by atoms with E-state index in [0.29, 0.717) is 0 Å². The highest BCUT2D eigenvalue weighted by molar-refractivity contribution is 7.26. The van der Waals surface area contributed by atoms with Crippen molar-refractivity contribution < 1.29 is 0 Å². The number of benzene rings is 9. The van der Waals surface area contributed by atoms with Crippen LogP contribution >= 0.6 is 11.3 Å². The number of rotatable bonds is 7. The Hall–Kier alpha value is -7.20. The fourth-order valence-electron chi connectivity index (χ4n) is 8.46. The molecule has 9 aromatic carbocycles. The summed E-state index contributed by atoms with van der Waals surface area (Å²) in [4.78, 5) is 2.39. The Kier molecular flexibility index (Phi) is 8.04. The quantitative estimate of drug-likeness (QED) is 0.158. The zero-order valence-electron chi connectivity index (χ0n) is 31.1. The SMILES string of the molecule is c1ccc(-c2ccc(N(c3ccc(-c4ccccc4)cc3)c3ccc4c(c3)c3ccc5sc6ccc(-c7ccccc7)cc6c5c3n4-c3ccccc3)cc2)cc1. The van der Waals surface area contributed by atoms with Gasteiger partial charge in [0.2, 0.25) is 0 Å². The van der Waals surface area contributed by atoms with Crippen LogP contribution in [0.5, 0.6) is 0 Å². The highest BCUT2D eigenvalue weighted by Crippen LogP contribution is 2.46. The van der Waals surface area contributed by atoms with E-state index in [9.17, 15) is 0 Å². The summed E-state index contributed by atoms with van der Waals surface area (Å²) < 4.78 is 5.07. The Labute approximate surface area is 335 Å². The lowest BCUT2D eigenvalue weighted by atomic mass is 10.0.